The molecular weight excluding hydrogens is 552 g/mol. The van der Waals surface area contributed by atoms with Gasteiger partial charge in [0.1, 0.15) is 18.1 Å². The van der Waals surface area contributed by atoms with E-state index in [0.29, 0.717) is 0 Å². The van der Waals surface area contributed by atoms with Gasteiger partial charge in [-0.05, 0) is 36.0 Å². The Kier molecular flexibility index (Phi) is 11.8. The van der Waals surface area contributed by atoms with Gasteiger partial charge in [0, 0.05) is 36.4 Å². The number of amides is 4. The lowest BCUT2D eigenvalue weighted by Crippen LogP contribution is -2.58. The number of carboxylic acids is 1. The number of rotatable bonds is 16. The van der Waals surface area contributed by atoms with Crippen LogP contribution in [0.4, 0.5) is 0 Å². The lowest BCUT2D eigenvalue weighted by atomic mass is 9.99. The molecule has 0 fully saturated rings. The Labute approximate surface area is 250 Å². The van der Waals surface area contributed by atoms with Gasteiger partial charge in [0.05, 0.1) is 6.04 Å². The number of benzene rings is 2. The summed E-state index contributed by atoms with van der Waals surface area (Å²) in [5, 5.41) is 18.7. The zero-order valence-corrected chi connectivity index (χ0v) is 24.3. The van der Waals surface area contributed by atoms with E-state index in [9.17, 15) is 29.1 Å². The number of aliphatic carboxylic acids is 1. The summed E-state index contributed by atoms with van der Waals surface area (Å²) in [4.78, 5) is 66.2. The third kappa shape index (κ3) is 9.96. The van der Waals surface area contributed by atoms with E-state index in [0.717, 1.165) is 22.0 Å². The fourth-order valence-corrected chi connectivity index (χ4v) is 4.73. The quantitative estimate of drug-likeness (QED) is 0.129. The number of H-pyrrole nitrogens is 1. The fraction of sp³-hybridized carbons (Fsp3) is 0.387. The number of para-hydroxylation sites is 1. The summed E-state index contributed by atoms with van der Waals surface area (Å²) in [6, 6.07) is 11.9. The maximum absolute atomic E-state index is 13.5. The highest BCUT2D eigenvalue weighted by Crippen LogP contribution is 2.19. The van der Waals surface area contributed by atoms with Crippen LogP contribution in [0.5, 0.6) is 0 Å². The van der Waals surface area contributed by atoms with Gasteiger partial charge in [-0.25, -0.2) is 4.79 Å². The van der Waals surface area contributed by atoms with Crippen LogP contribution >= 0.6 is 0 Å². The predicted octanol–water partition coefficient (Wildman–Crippen LogP) is 1.13. The van der Waals surface area contributed by atoms with Crippen molar-refractivity contribution in [2.45, 2.75) is 70.1 Å². The Balaban J connectivity index is 1.77. The molecule has 12 heteroatoms. The first-order chi connectivity index (χ1) is 20.4. The zero-order chi connectivity index (χ0) is 31.5. The summed E-state index contributed by atoms with van der Waals surface area (Å²) in [6.07, 6.45) is 1.99. The number of fused-ring (bicyclic) bond motifs is 1. The first kappa shape index (κ1) is 32.8. The Morgan fingerprint density at radius 3 is 2.07 bits per heavy atom. The first-order valence-electron chi connectivity index (χ1n) is 14.2. The summed E-state index contributed by atoms with van der Waals surface area (Å²) < 4.78 is 0. The number of hydrogen-bond donors (Lipinski definition) is 7. The number of carboxylic acid groups (broad SMARTS) is 1. The third-order valence-electron chi connectivity index (χ3n) is 7.01. The van der Waals surface area contributed by atoms with Gasteiger partial charge in [-0.3, -0.25) is 19.2 Å². The van der Waals surface area contributed by atoms with Gasteiger partial charge < -0.3 is 37.5 Å². The van der Waals surface area contributed by atoms with E-state index in [1.165, 1.54) is 0 Å². The van der Waals surface area contributed by atoms with Gasteiger partial charge in [-0.2, -0.15) is 0 Å². The average molecular weight is 593 g/mol. The fourth-order valence-electron chi connectivity index (χ4n) is 4.73. The number of nitrogens with two attached hydrogens (primary N) is 2. The van der Waals surface area contributed by atoms with E-state index in [-0.39, 0.29) is 38.0 Å². The van der Waals surface area contributed by atoms with E-state index in [1.807, 2.05) is 44.2 Å². The van der Waals surface area contributed by atoms with Crippen LogP contribution in [0.15, 0.2) is 60.8 Å². The summed E-state index contributed by atoms with van der Waals surface area (Å²) in [5.74, 6) is -3.79. The van der Waals surface area contributed by atoms with Crippen molar-refractivity contribution in [3.05, 3.63) is 71.9 Å². The molecule has 4 amide bonds. The van der Waals surface area contributed by atoms with Crippen molar-refractivity contribution >= 4 is 40.5 Å². The Hall–Kier alpha value is -4.71. The average Bonchev–Trinajstić information content (AvgIpc) is 3.37. The van der Waals surface area contributed by atoms with Crippen LogP contribution in [-0.4, -0.2) is 63.9 Å². The topological polar surface area (TPSA) is 209 Å². The molecule has 0 spiro atoms. The first-order valence-corrected chi connectivity index (χ1v) is 14.2. The minimum absolute atomic E-state index is 0.00618. The molecule has 0 aliphatic carbocycles. The zero-order valence-electron chi connectivity index (χ0n) is 24.3. The van der Waals surface area contributed by atoms with Crippen LogP contribution in [0.25, 0.3) is 10.9 Å². The van der Waals surface area contributed by atoms with Gasteiger partial charge in [-0.1, -0.05) is 62.4 Å². The molecule has 3 aromatic rings. The van der Waals surface area contributed by atoms with Gasteiger partial charge in [0.25, 0.3) is 0 Å². The second kappa shape index (κ2) is 15.5. The Morgan fingerprint density at radius 1 is 0.814 bits per heavy atom. The van der Waals surface area contributed by atoms with Crippen LogP contribution in [0.2, 0.25) is 0 Å². The number of nitrogens with one attached hydrogen (secondary N) is 4. The number of carbonyl (C=O) groups is 5. The molecule has 0 aliphatic rings. The van der Waals surface area contributed by atoms with Crippen molar-refractivity contribution in [3.8, 4) is 0 Å². The molecule has 0 saturated carbocycles. The van der Waals surface area contributed by atoms with Crippen molar-refractivity contribution in [2.24, 2.45) is 17.4 Å². The van der Waals surface area contributed by atoms with E-state index in [1.54, 1.807) is 30.5 Å². The molecule has 4 atom stereocenters. The van der Waals surface area contributed by atoms with Crippen LogP contribution in [0, 0.1) is 5.92 Å². The highest BCUT2D eigenvalue weighted by Gasteiger charge is 2.31. The predicted molar refractivity (Wildman–Crippen MR) is 161 cm³/mol. The molecule has 0 saturated heterocycles. The van der Waals surface area contributed by atoms with Gasteiger partial charge >= 0.3 is 5.97 Å². The Bertz CT molecular complexity index is 1420. The monoisotopic (exact) mass is 592 g/mol. The molecule has 2 aromatic carbocycles. The van der Waals surface area contributed by atoms with E-state index >= 15 is 0 Å². The van der Waals surface area contributed by atoms with Crippen LogP contribution in [0.3, 0.4) is 0 Å². The number of aromatic nitrogens is 1. The van der Waals surface area contributed by atoms with E-state index < -0.39 is 53.8 Å². The molecule has 43 heavy (non-hydrogen) atoms. The highest BCUT2D eigenvalue weighted by molar-refractivity contribution is 5.94. The molecule has 4 unspecified atom stereocenters. The van der Waals surface area contributed by atoms with Crippen molar-refractivity contribution < 1.29 is 29.1 Å². The van der Waals surface area contributed by atoms with E-state index in [2.05, 4.69) is 20.9 Å². The minimum Gasteiger partial charge on any atom is -0.480 e. The minimum atomic E-state index is -1.25. The maximum atomic E-state index is 13.5. The summed E-state index contributed by atoms with van der Waals surface area (Å²) in [6.45, 7) is 3.74. The van der Waals surface area contributed by atoms with Gasteiger partial charge in [-0.15, -0.1) is 0 Å². The lowest BCUT2D eigenvalue weighted by Gasteiger charge is -2.26. The Morgan fingerprint density at radius 2 is 1.42 bits per heavy atom. The number of hydrogen-bond acceptors (Lipinski definition) is 6. The highest BCUT2D eigenvalue weighted by atomic mass is 16.4. The van der Waals surface area contributed by atoms with Crippen molar-refractivity contribution in [1.29, 1.82) is 0 Å². The van der Waals surface area contributed by atoms with Crippen molar-refractivity contribution in [2.75, 3.05) is 0 Å². The molecule has 1 heterocycles. The van der Waals surface area contributed by atoms with Crippen LogP contribution in [-0.2, 0) is 36.8 Å². The molecule has 0 bridgehead atoms. The molecular formula is C31H40N6O6. The van der Waals surface area contributed by atoms with E-state index in [4.69, 9.17) is 11.5 Å². The number of carbonyl (C=O) groups excluding carboxylic acids is 4. The van der Waals surface area contributed by atoms with Crippen LogP contribution in [0.1, 0.15) is 44.2 Å². The van der Waals surface area contributed by atoms with Crippen LogP contribution < -0.4 is 27.4 Å². The van der Waals surface area contributed by atoms with Gasteiger partial charge in [0.2, 0.25) is 23.6 Å². The van der Waals surface area contributed by atoms with Crippen molar-refractivity contribution in [1.82, 2.24) is 20.9 Å². The smallest absolute Gasteiger partial charge is 0.326 e. The number of primary amides is 1. The molecule has 230 valence electrons. The molecule has 9 N–H and O–H groups in total. The third-order valence-corrected chi connectivity index (χ3v) is 7.01. The molecule has 0 radical (unpaired) electrons. The van der Waals surface area contributed by atoms with Gasteiger partial charge in [0.15, 0.2) is 0 Å². The number of aromatic amines is 1. The molecule has 0 aliphatic heterocycles. The maximum Gasteiger partial charge on any atom is 0.326 e. The SMILES string of the molecule is CC(C)CC(NC(=O)C(Cc1ccccc1)NC(=O)C(N)CCC(N)=O)C(=O)NC(Cc1c[nH]c2ccccc12)C(=O)O. The largest absolute Gasteiger partial charge is 0.480 e. The second-order valence-electron chi connectivity index (χ2n) is 11.0. The summed E-state index contributed by atoms with van der Waals surface area (Å²) in [7, 11) is 0. The molecule has 3 rings (SSSR count). The lowest BCUT2D eigenvalue weighted by molar-refractivity contribution is -0.142. The normalized spacial score (nSPS) is 14.0. The standard InChI is InChI=1S/C31H40N6O6/c1-18(2)14-24(29(40)37-26(31(42)43)16-20-17-34-23-11-7-6-10-21(20)23)36-30(41)25(15-19-8-4-3-5-9-19)35-28(39)22(32)12-13-27(33)38/h3-11,17-18,22,24-26,34H,12-16,32H2,1-2H3,(H2,33,38)(H,35,39)(H,36,41)(H,37,40)(H,42,43). The molecule has 12 nitrogen and oxygen atoms in total. The van der Waals surface area contributed by atoms with Crippen molar-refractivity contribution in [3.63, 3.8) is 0 Å². The molecule has 1 aromatic heterocycles. The summed E-state index contributed by atoms with van der Waals surface area (Å²) >= 11 is 0. The second-order valence-corrected chi connectivity index (χ2v) is 11.0. The summed E-state index contributed by atoms with van der Waals surface area (Å²) in [5.41, 5.74) is 13.4.